The summed E-state index contributed by atoms with van der Waals surface area (Å²) in [5.41, 5.74) is 4.18. The number of piperidine rings is 2. The number of hydrogen-bond acceptors (Lipinski definition) is 3. The Labute approximate surface area is 202 Å². The van der Waals surface area contributed by atoms with Gasteiger partial charge in [-0.2, -0.15) is 5.26 Å². The molecule has 2 heterocycles. The smallest absolute Gasteiger partial charge is 0.320 e. The Hall–Kier alpha value is -3.33. The van der Waals surface area contributed by atoms with Crippen LogP contribution in [0.1, 0.15) is 59.2 Å². The van der Waals surface area contributed by atoms with Crippen LogP contribution in [-0.4, -0.2) is 54.0 Å². The number of carbonyl (C=O) groups is 2. The van der Waals surface area contributed by atoms with Crippen LogP contribution in [0.3, 0.4) is 0 Å². The summed E-state index contributed by atoms with van der Waals surface area (Å²) in [7, 11) is 0. The SMILES string of the molecule is CCc1ccc(C2CC(NC(=O)c3cccc(C)c3)CN(C(=O)N3CCC(C#N)CC3)C2)cc1. The van der Waals surface area contributed by atoms with Crippen LogP contribution < -0.4 is 5.32 Å². The maximum atomic E-state index is 13.4. The average molecular weight is 459 g/mol. The third-order valence-electron chi connectivity index (χ3n) is 7.14. The van der Waals surface area contributed by atoms with Crippen LogP contribution in [0.15, 0.2) is 48.5 Å². The maximum Gasteiger partial charge on any atom is 0.320 e. The minimum absolute atomic E-state index is 0.0149. The monoisotopic (exact) mass is 458 g/mol. The van der Waals surface area contributed by atoms with Crippen molar-refractivity contribution in [2.75, 3.05) is 26.2 Å². The zero-order valence-electron chi connectivity index (χ0n) is 20.2. The Morgan fingerprint density at radius 3 is 2.44 bits per heavy atom. The first-order chi connectivity index (χ1) is 16.5. The molecule has 34 heavy (non-hydrogen) atoms. The van der Waals surface area contributed by atoms with E-state index in [0.29, 0.717) is 31.7 Å². The fourth-order valence-electron chi connectivity index (χ4n) is 5.08. The number of benzene rings is 2. The van der Waals surface area contributed by atoms with E-state index in [-0.39, 0.29) is 29.8 Å². The van der Waals surface area contributed by atoms with Crippen LogP contribution in [0.2, 0.25) is 0 Å². The standard InChI is InChI=1S/C28H34N4O2/c1-3-21-7-9-23(10-8-21)25-16-26(30-27(33)24-6-4-5-20(2)15-24)19-32(18-25)28(34)31-13-11-22(17-29)12-14-31/h4-10,15,22,25-26H,3,11-14,16,18-19H2,1-2H3,(H,30,33). The normalized spacial score (nSPS) is 21.1. The first-order valence-electron chi connectivity index (χ1n) is 12.4. The number of aryl methyl sites for hydroxylation is 2. The second-order valence-electron chi connectivity index (χ2n) is 9.65. The molecule has 2 atom stereocenters. The van der Waals surface area contributed by atoms with Gasteiger partial charge in [-0.25, -0.2) is 4.79 Å². The van der Waals surface area contributed by atoms with Gasteiger partial charge in [-0.05, 0) is 55.9 Å². The number of nitrogens with one attached hydrogen (secondary N) is 1. The van der Waals surface area contributed by atoms with Crippen molar-refractivity contribution in [3.05, 3.63) is 70.8 Å². The fraction of sp³-hybridized carbons (Fsp3) is 0.464. The molecular weight excluding hydrogens is 424 g/mol. The molecule has 0 bridgehead atoms. The van der Waals surface area contributed by atoms with E-state index < -0.39 is 0 Å². The second kappa shape index (κ2) is 10.7. The lowest BCUT2D eigenvalue weighted by molar-refractivity contribution is 0.0875. The van der Waals surface area contributed by atoms with E-state index in [2.05, 4.69) is 42.6 Å². The lowest BCUT2D eigenvalue weighted by atomic mass is 9.87. The highest BCUT2D eigenvalue weighted by atomic mass is 16.2. The largest absolute Gasteiger partial charge is 0.347 e. The Kier molecular flexibility index (Phi) is 7.52. The van der Waals surface area contributed by atoms with E-state index in [0.717, 1.165) is 31.2 Å². The van der Waals surface area contributed by atoms with Crippen molar-refractivity contribution >= 4 is 11.9 Å². The predicted molar refractivity (Wildman–Crippen MR) is 132 cm³/mol. The molecule has 2 fully saturated rings. The topological polar surface area (TPSA) is 76.4 Å². The van der Waals surface area contributed by atoms with Crippen LogP contribution >= 0.6 is 0 Å². The van der Waals surface area contributed by atoms with Crippen molar-refractivity contribution in [2.45, 2.75) is 51.5 Å². The minimum atomic E-state index is -0.127. The fourth-order valence-corrected chi connectivity index (χ4v) is 5.08. The molecule has 6 nitrogen and oxygen atoms in total. The van der Waals surface area contributed by atoms with E-state index in [1.54, 1.807) is 0 Å². The van der Waals surface area contributed by atoms with Crippen molar-refractivity contribution in [3.8, 4) is 6.07 Å². The van der Waals surface area contributed by atoms with Gasteiger partial charge in [-0.1, -0.05) is 48.9 Å². The average Bonchev–Trinajstić information content (AvgIpc) is 2.88. The van der Waals surface area contributed by atoms with Crippen LogP contribution in [0.5, 0.6) is 0 Å². The molecule has 2 aliphatic rings. The summed E-state index contributed by atoms with van der Waals surface area (Å²) in [6, 6.07) is 18.4. The molecule has 0 spiro atoms. The van der Waals surface area contributed by atoms with Gasteiger partial charge in [0.05, 0.1) is 6.07 Å². The number of nitriles is 1. The lowest BCUT2D eigenvalue weighted by Gasteiger charge is -2.41. The molecule has 0 aromatic heterocycles. The van der Waals surface area contributed by atoms with Gasteiger partial charge in [0.15, 0.2) is 0 Å². The Bertz CT molecular complexity index is 1050. The number of likely N-dealkylation sites (tertiary alicyclic amines) is 2. The number of amides is 3. The van der Waals surface area contributed by atoms with Gasteiger partial charge in [0, 0.05) is 49.6 Å². The summed E-state index contributed by atoms with van der Waals surface area (Å²) in [6.45, 7) is 6.48. The summed E-state index contributed by atoms with van der Waals surface area (Å²) in [4.78, 5) is 30.2. The van der Waals surface area contributed by atoms with E-state index in [1.165, 1.54) is 11.1 Å². The Morgan fingerprint density at radius 2 is 1.79 bits per heavy atom. The molecule has 1 N–H and O–H groups in total. The summed E-state index contributed by atoms with van der Waals surface area (Å²) >= 11 is 0. The van der Waals surface area contributed by atoms with Crippen molar-refractivity contribution in [2.24, 2.45) is 5.92 Å². The van der Waals surface area contributed by atoms with Gasteiger partial charge < -0.3 is 15.1 Å². The zero-order chi connectivity index (χ0) is 24.1. The molecule has 2 aliphatic heterocycles. The number of carbonyl (C=O) groups excluding carboxylic acids is 2. The Balaban J connectivity index is 1.51. The molecule has 178 valence electrons. The van der Waals surface area contributed by atoms with Gasteiger partial charge >= 0.3 is 6.03 Å². The lowest BCUT2D eigenvalue weighted by Crippen LogP contribution is -2.56. The Morgan fingerprint density at radius 1 is 1.06 bits per heavy atom. The van der Waals surface area contributed by atoms with E-state index in [9.17, 15) is 14.9 Å². The molecule has 0 saturated carbocycles. The molecule has 2 unspecified atom stereocenters. The van der Waals surface area contributed by atoms with E-state index >= 15 is 0 Å². The third kappa shape index (κ3) is 5.59. The van der Waals surface area contributed by atoms with Crippen molar-refractivity contribution in [1.82, 2.24) is 15.1 Å². The van der Waals surface area contributed by atoms with Crippen LogP contribution in [-0.2, 0) is 6.42 Å². The second-order valence-corrected chi connectivity index (χ2v) is 9.65. The van der Waals surface area contributed by atoms with E-state index in [1.807, 2.05) is 41.0 Å². The highest BCUT2D eigenvalue weighted by Gasteiger charge is 2.35. The summed E-state index contributed by atoms with van der Waals surface area (Å²) < 4.78 is 0. The van der Waals surface area contributed by atoms with Gasteiger partial charge in [0.1, 0.15) is 0 Å². The molecule has 4 rings (SSSR count). The molecule has 3 amide bonds. The number of hydrogen-bond donors (Lipinski definition) is 1. The minimum Gasteiger partial charge on any atom is -0.347 e. The quantitative estimate of drug-likeness (QED) is 0.733. The van der Waals surface area contributed by atoms with Crippen LogP contribution in [0.25, 0.3) is 0 Å². The maximum absolute atomic E-state index is 13.4. The van der Waals surface area contributed by atoms with E-state index in [4.69, 9.17) is 0 Å². The van der Waals surface area contributed by atoms with Crippen molar-refractivity contribution in [3.63, 3.8) is 0 Å². The highest BCUT2D eigenvalue weighted by molar-refractivity contribution is 5.94. The molecule has 0 radical (unpaired) electrons. The van der Waals surface area contributed by atoms with Crippen molar-refractivity contribution in [1.29, 1.82) is 5.26 Å². The van der Waals surface area contributed by atoms with Crippen molar-refractivity contribution < 1.29 is 9.59 Å². The van der Waals surface area contributed by atoms with Crippen LogP contribution in [0, 0.1) is 24.2 Å². The molecule has 2 saturated heterocycles. The van der Waals surface area contributed by atoms with Gasteiger partial charge in [-0.15, -0.1) is 0 Å². The molecule has 6 heteroatoms. The first kappa shape index (κ1) is 23.8. The molecular formula is C28H34N4O2. The van der Waals surface area contributed by atoms with Gasteiger partial charge in [0.2, 0.25) is 0 Å². The van der Waals surface area contributed by atoms with Crippen LogP contribution in [0.4, 0.5) is 4.79 Å². The molecule has 2 aromatic carbocycles. The predicted octanol–water partition coefficient (Wildman–Crippen LogP) is 4.50. The third-order valence-corrected chi connectivity index (χ3v) is 7.14. The molecule has 0 aliphatic carbocycles. The summed E-state index contributed by atoms with van der Waals surface area (Å²) in [5.74, 6) is 0.0950. The number of rotatable bonds is 4. The zero-order valence-corrected chi connectivity index (χ0v) is 20.2. The first-order valence-corrected chi connectivity index (χ1v) is 12.4. The number of nitrogens with zero attached hydrogens (tertiary/aromatic N) is 3. The summed E-state index contributed by atoms with van der Waals surface area (Å²) in [6.07, 6.45) is 3.24. The highest BCUT2D eigenvalue weighted by Crippen LogP contribution is 2.29. The van der Waals surface area contributed by atoms with Gasteiger partial charge in [-0.3, -0.25) is 4.79 Å². The molecule has 2 aromatic rings. The van der Waals surface area contributed by atoms with Gasteiger partial charge in [0.25, 0.3) is 5.91 Å². The number of urea groups is 1. The summed E-state index contributed by atoms with van der Waals surface area (Å²) in [5, 5.41) is 12.4.